The molecular formula is C14H20N2O2. The molecule has 4 nitrogen and oxygen atoms in total. The van der Waals surface area contributed by atoms with E-state index in [2.05, 4.69) is 16.7 Å². The maximum Gasteiger partial charge on any atom is 0.237 e. The summed E-state index contributed by atoms with van der Waals surface area (Å²) in [7, 11) is 1.68. The number of rotatable bonds is 5. The Hall–Kier alpha value is -1.39. The second-order valence-corrected chi connectivity index (χ2v) is 4.62. The summed E-state index contributed by atoms with van der Waals surface area (Å²) in [6.07, 6.45) is 2.02. The van der Waals surface area contributed by atoms with Crippen molar-refractivity contribution in [1.82, 2.24) is 10.6 Å². The van der Waals surface area contributed by atoms with Crippen LogP contribution in [0.3, 0.4) is 0 Å². The number of methoxy groups -OCH3 is 1. The Labute approximate surface area is 108 Å². The number of hydrogen-bond acceptors (Lipinski definition) is 3. The van der Waals surface area contributed by atoms with Gasteiger partial charge in [-0.2, -0.15) is 0 Å². The van der Waals surface area contributed by atoms with Gasteiger partial charge in [0.25, 0.3) is 0 Å². The third-order valence-electron chi connectivity index (χ3n) is 3.15. The zero-order chi connectivity index (χ0) is 12.8. The van der Waals surface area contributed by atoms with Crippen molar-refractivity contribution in [3.63, 3.8) is 0 Å². The van der Waals surface area contributed by atoms with Crippen LogP contribution in [-0.4, -0.2) is 25.6 Å². The largest absolute Gasteiger partial charge is 0.380 e. The average molecular weight is 248 g/mol. The maximum atomic E-state index is 11.8. The minimum absolute atomic E-state index is 0.00726. The first kappa shape index (κ1) is 13.1. The minimum Gasteiger partial charge on any atom is -0.380 e. The molecule has 1 aromatic carbocycles. The first-order chi connectivity index (χ1) is 8.79. The van der Waals surface area contributed by atoms with Crippen LogP contribution in [0, 0.1) is 0 Å². The van der Waals surface area contributed by atoms with Crippen LogP contribution in [0.2, 0.25) is 0 Å². The lowest BCUT2D eigenvalue weighted by Crippen LogP contribution is -2.40. The summed E-state index contributed by atoms with van der Waals surface area (Å²) < 4.78 is 5.09. The lowest BCUT2D eigenvalue weighted by molar-refractivity contribution is -0.122. The molecule has 18 heavy (non-hydrogen) atoms. The van der Waals surface area contributed by atoms with Crippen LogP contribution >= 0.6 is 0 Å². The van der Waals surface area contributed by atoms with Crippen molar-refractivity contribution in [2.45, 2.75) is 32.0 Å². The highest BCUT2D eigenvalue weighted by Crippen LogP contribution is 2.08. The smallest absolute Gasteiger partial charge is 0.237 e. The minimum atomic E-state index is -0.00726. The van der Waals surface area contributed by atoms with Crippen molar-refractivity contribution in [2.75, 3.05) is 13.7 Å². The van der Waals surface area contributed by atoms with Gasteiger partial charge in [-0.3, -0.25) is 4.79 Å². The molecular weight excluding hydrogens is 228 g/mol. The molecule has 0 radical (unpaired) electrons. The summed E-state index contributed by atoms with van der Waals surface area (Å²) in [5.41, 5.74) is 2.24. The third kappa shape index (κ3) is 3.55. The van der Waals surface area contributed by atoms with Crippen molar-refractivity contribution in [2.24, 2.45) is 0 Å². The van der Waals surface area contributed by atoms with Gasteiger partial charge < -0.3 is 15.4 Å². The van der Waals surface area contributed by atoms with Gasteiger partial charge in [-0.05, 0) is 30.5 Å². The highest BCUT2D eigenvalue weighted by atomic mass is 16.5. The molecule has 1 unspecified atom stereocenters. The molecule has 1 heterocycles. The zero-order valence-corrected chi connectivity index (χ0v) is 10.7. The number of hydrogen-bond donors (Lipinski definition) is 2. The molecule has 1 amide bonds. The molecule has 0 bridgehead atoms. The third-order valence-corrected chi connectivity index (χ3v) is 3.15. The quantitative estimate of drug-likeness (QED) is 0.823. The predicted octanol–water partition coefficient (Wildman–Crippen LogP) is 1.20. The molecule has 2 N–H and O–H groups in total. The summed E-state index contributed by atoms with van der Waals surface area (Å²) in [6, 6.07) is 8.08. The predicted molar refractivity (Wildman–Crippen MR) is 70.0 cm³/mol. The highest BCUT2D eigenvalue weighted by molar-refractivity contribution is 5.81. The molecule has 0 aromatic heterocycles. The van der Waals surface area contributed by atoms with Gasteiger partial charge in [0.1, 0.15) is 0 Å². The van der Waals surface area contributed by atoms with E-state index in [9.17, 15) is 4.79 Å². The van der Waals surface area contributed by atoms with Crippen molar-refractivity contribution >= 4 is 5.91 Å². The molecule has 0 spiro atoms. The maximum absolute atomic E-state index is 11.8. The van der Waals surface area contributed by atoms with Gasteiger partial charge in [-0.25, -0.2) is 0 Å². The molecule has 0 aliphatic carbocycles. The van der Waals surface area contributed by atoms with Crippen molar-refractivity contribution < 1.29 is 9.53 Å². The number of carbonyl (C=O) groups is 1. The first-order valence-electron chi connectivity index (χ1n) is 6.37. The van der Waals surface area contributed by atoms with Crippen molar-refractivity contribution in [1.29, 1.82) is 0 Å². The second-order valence-electron chi connectivity index (χ2n) is 4.62. The van der Waals surface area contributed by atoms with Crippen LogP contribution in [-0.2, 0) is 22.7 Å². The van der Waals surface area contributed by atoms with Gasteiger partial charge in [0, 0.05) is 13.7 Å². The normalized spacial score (nSPS) is 18.8. The number of carbonyl (C=O) groups excluding carboxylic acids is 1. The number of ether oxygens (including phenoxy) is 1. The summed E-state index contributed by atoms with van der Waals surface area (Å²) >= 11 is 0. The van der Waals surface area contributed by atoms with Gasteiger partial charge in [0.15, 0.2) is 0 Å². The molecule has 1 aliphatic heterocycles. The second kappa shape index (κ2) is 6.52. The molecule has 0 saturated carbocycles. The number of nitrogens with one attached hydrogen (secondary N) is 2. The van der Waals surface area contributed by atoms with E-state index in [-0.39, 0.29) is 11.9 Å². The Morgan fingerprint density at radius 2 is 2.33 bits per heavy atom. The summed E-state index contributed by atoms with van der Waals surface area (Å²) in [4.78, 5) is 11.8. The number of amides is 1. The highest BCUT2D eigenvalue weighted by Gasteiger charge is 2.21. The van der Waals surface area contributed by atoms with E-state index in [1.54, 1.807) is 7.11 Å². The fourth-order valence-electron chi connectivity index (χ4n) is 2.22. The van der Waals surface area contributed by atoms with E-state index >= 15 is 0 Å². The number of benzene rings is 1. The summed E-state index contributed by atoms with van der Waals surface area (Å²) in [5, 5.41) is 6.16. The Morgan fingerprint density at radius 3 is 3.06 bits per heavy atom. The standard InChI is InChI=1S/C14H20N2O2/c1-18-10-12-5-2-4-11(8-12)9-16-14(17)13-6-3-7-15-13/h2,4-5,8,13,15H,3,6-7,9-10H2,1H3,(H,16,17). The topological polar surface area (TPSA) is 50.4 Å². The molecule has 98 valence electrons. The molecule has 4 heteroatoms. The van der Waals surface area contributed by atoms with Crippen LogP contribution in [0.1, 0.15) is 24.0 Å². The van der Waals surface area contributed by atoms with Crippen LogP contribution < -0.4 is 10.6 Å². The van der Waals surface area contributed by atoms with E-state index in [4.69, 9.17) is 4.74 Å². The Kier molecular flexibility index (Phi) is 4.73. The van der Waals surface area contributed by atoms with Crippen molar-refractivity contribution in [3.05, 3.63) is 35.4 Å². The van der Waals surface area contributed by atoms with E-state index in [1.165, 1.54) is 0 Å². The first-order valence-corrected chi connectivity index (χ1v) is 6.37. The SMILES string of the molecule is COCc1cccc(CNC(=O)C2CCCN2)c1. The lowest BCUT2D eigenvalue weighted by Gasteiger charge is -2.11. The Morgan fingerprint density at radius 1 is 1.50 bits per heavy atom. The zero-order valence-electron chi connectivity index (χ0n) is 10.7. The van der Waals surface area contributed by atoms with E-state index in [0.717, 1.165) is 30.5 Å². The molecule has 1 aliphatic rings. The Balaban J connectivity index is 1.85. The molecule has 1 saturated heterocycles. The fourth-order valence-corrected chi connectivity index (χ4v) is 2.22. The van der Waals surface area contributed by atoms with Crippen LogP contribution in [0.4, 0.5) is 0 Å². The van der Waals surface area contributed by atoms with Crippen LogP contribution in [0.15, 0.2) is 24.3 Å². The molecule has 2 rings (SSSR count). The van der Waals surface area contributed by atoms with Gasteiger partial charge >= 0.3 is 0 Å². The molecule has 1 aromatic rings. The average Bonchev–Trinajstić information content (AvgIpc) is 2.91. The molecule has 1 atom stereocenters. The monoisotopic (exact) mass is 248 g/mol. The van der Waals surface area contributed by atoms with Gasteiger partial charge in [-0.15, -0.1) is 0 Å². The van der Waals surface area contributed by atoms with E-state index in [1.807, 2.05) is 18.2 Å². The van der Waals surface area contributed by atoms with Crippen molar-refractivity contribution in [3.8, 4) is 0 Å². The molecule has 1 fully saturated rings. The van der Waals surface area contributed by atoms with Gasteiger partial charge in [0.05, 0.1) is 12.6 Å². The van der Waals surface area contributed by atoms with Crippen LogP contribution in [0.5, 0.6) is 0 Å². The Bertz CT molecular complexity index is 401. The van der Waals surface area contributed by atoms with E-state index < -0.39 is 0 Å². The van der Waals surface area contributed by atoms with Gasteiger partial charge in [0.2, 0.25) is 5.91 Å². The summed E-state index contributed by atoms with van der Waals surface area (Å²) in [5.74, 6) is 0.102. The van der Waals surface area contributed by atoms with E-state index in [0.29, 0.717) is 13.2 Å². The summed E-state index contributed by atoms with van der Waals surface area (Å²) in [6.45, 7) is 2.13. The van der Waals surface area contributed by atoms with Gasteiger partial charge in [-0.1, -0.05) is 24.3 Å². The lowest BCUT2D eigenvalue weighted by atomic mass is 10.1. The van der Waals surface area contributed by atoms with Crippen LogP contribution in [0.25, 0.3) is 0 Å². The fraction of sp³-hybridized carbons (Fsp3) is 0.500.